The van der Waals surface area contributed by atoms with Crippen LogP contribution in [0.4, 0.5) is 0 Å². The quantitative estimate of drug-likeness (QED) is 0.915. The molecule has 1 N–H and O–H groups in total. The van der Waals surface area contributed by atoms with Gasteiger partial charge in [0.2, 0.25) is 0 Å². The molecule has 17 heavy (non-hydrogen) atoms. The average molecular weight is 311 g/mol. The van der Waals surface area contributed by atoms with E-state index in [2.05, 4.69) is 40.3 Å². The zero-order chi connectivity index (χ0) is 11.8. The molecule has 0 radical (unpaired) electrons. The van der Waals surface area contributed by atoms with Crippen molar-refractivity contribution in [3.63, 3.8) is 0 Å². The van der Waals surface area contributed by atoms with Gasteiger partial charge in [-0.15, -0.1) is 11.3 Å². The van der Waals surface area contributed by atoms with Crippen LogP contribution in [0.15, 0.2) is 16.6 Å². The topological polar surface area (TPSA) is 24.9 Å². The Morgan fingerprint density at radius 1 is 1.53 bits per heavy atom. The summed E-state index contributed by atoms with van der Waals surface area (Å²) in [6.45, 7) is 3.29. The van der Waals surface area contributed by atoms with E-state index in [1.54, 1.807) is 0 Å². The number of hydrogen-bond donors (Lipinski definition) is 1. The van der Waals surface area contributed by atoms with Gasteiger partial charge < -0.3 is 5.32 Å². The molecular formula is C13H15BrN2S. The minimum Gasteiger partial charge on any atom is -0.314 e. The predicted molar refractivity (Wildman–Crippen MR) is 76.8 cm³/mol. The summed E-state index contributed by atoms with van der Waals surface area (Å²) in [6, 6.07) is 5.00. The molecular weight excluding hydrogens is 296 g/mol. The van der Waals surface area contributed by atoms with Crippen molar-refractivity contribution in [2.75, 3.05) is 6.54 Å². The highest BCUT2D eigenvalue weighted by Gasteiger charge is 2.17. The molecule has 1 aliphatic heterocycles. The van der Waals surface area contributed by atoms with Crippen LogP contribution in [0.1, 0.15) is 23.4 Å². The molecule has 1 unspecified atom stereocenters. The molecule has 0 spiro atoms. The van der Waals surface area contributed by atoms with E-state index in [9.17, 15) is 0 Å². The zero-order valence-electron chi connectivity index (χ0n) is 9.79. The van der Waals surface area contributed by atoms with E-state index in [1.165, 1.54) is 34.7 Å². The number of nitrogens with zero attached hydrogens (tertiary/aromatic N) is 1. The number of halogens is 1. The minimum atomic E-state index is 0.635. The summed E-state index contributed by atoms with van der Waals surface area (Å²) in [7, 11) is 0. The Morgan fingerprint density at radius 3 is 3.18 bits per heavy atom. The first-order valence-corrected chi connectivity index (χ1v) is 7.62. The Bertz CT molecular complexity index is 544. The van der Waals surface area contributed by atoms with Crippen molar-refractivity contribution in [3.05, 3.63) is 27.2 Å². The van der Waals surface area contributed by atoms with Crippen molar-refractivity contribution in [2.24, 2.45) is 0 Å². The van der Waals surface area contributed by atoms with E-state index in [1.807, 2.05) is 11.3 Å². The standard InChI is InChI=1S/C13H15BrN2S/c1-8-5-10(14)13-11(6-8)17-12(16-13)7-9-3-2-4-15-9/h5-6,9,15H,2-4,7H2,1H3. The number of rotatable bonds is 2. The molecule has 1 aliphatic rings. The largest absolute Gasteiger partial charge is 0.314 e. The molecule has 0 saturated carbocycles. The van der Waals surface area contributed by atoms with Crippen LogP contribution in [-0.4, -0.2) is 17.6 Å². The van der Waals surface area contributed by atoms with E-state index in [0.29, 0.717) is 6.04 Å². The van der Waals surface area contributed by atoms with Gasteiger partial charge in [-0.2, -0.15) is 0 Å². The van der Waals surface area contributed by atoms with E-state index in [4.69, 9.17) is 4.98 Å². The lowest BCUT2D eigenvalue weighted by atomic mass is 10.2. The summed E-state index contributed by atoms with van der Waals surface area (Å²) in [5, 5.41) is 4.79. The van der Waals surface area contributed by atoms with Crippen LogP contribution in [0.3, 0.4) is 0 Å². The fourth-order valence-electron chi connectivity index (χ4n) is 2.39. The summed E-state index contributed by atoms with van der Waals surface area (Å²) in [4.78, 5) is 4.75. The molecule has 0 aliphatic carbocycles. The summed E-state index contributed by atoms with van der Waals surface area (Å²) >= 11 is 5.43. The Kier molecular flexibility index (Phi) is 3.19. The van der Waals surface area contributed by atoms with Gasteiger partial charge in [-0.1, -0.05) is 0 Å². The first-order chi connectivity index (χ1) is 8.22. The number of hydrogen-bond acceptors (Lipinski definition) is 3. The maximum absolute atomic E-state index is 4.75. The lowest BCUT2D eigenvalue weighted by Crippen LogP contribution is -2.23. The molecule has 0 bridgehead atoms. The third kappa shape index (κ3) is 2.39. The van der Waals surface area contributed by atoms with Crippen LogP contribution >= 0.6 is 27.3 Å². The second kappa shape index (κ2) is 4.67. The molecule has 1 atom stereocenters. The first-order valence-electron chi connectivity index (χ1n) is 6.01. The van der Waals surface area contributed by atoms with Crippen LogP contribution in [0.25, 0.3) is 10.2 Å². The highest BCUT2D eigenvalue weighted by molar-refractivity contribution is 9.10. The number of fused-ring (bicyclic) bond motifs is 1. The van der Waals surface area contributed by atoms with Crippen molar-refractivity contribution in [1.29, 1.82) is 0 Å². The molecule has 2 nitrogen and oxygen atoms in total. The van der Waals surface area contributed by atoms with Crippen molar-refractivity contribution in [2.45, 2.75) is 32.2 Å². The monoisotopic (exact) mass is 310 g/mol. The lowest BCUT2D eigenvalue weighted by molar-refractivity contribution is 0.602. The van der Waals surface area contributed by atoms with Gasteiger partial charge in [-0.05, 0) is 59.9 Å². The molecule has 1 aromatic carbocycles. The van der Waals surface area contributed by atoms with Gasteiger partial charge in [0, 0.05) is 16.9 Å². The summed E-state index contributed by atoms with van der Waals surface area (Å²) in [6.07, 6.45) is 3.67. The highest BCUT2D eigenvalue weighted by Crippen LogP contribution is 2.30. The van der Waals surface area contributed by atoms with E-state index in [-0.39, 0.29) is 0 Å². The number of benzene rings is 1. The van der Waals surface area contributed by atoms with Gasteiger partial charge in [0.1, 0.15) is 0 Å². The highest BCUT2D eigenvalue weighted by atomic mass is 79.9. The molecule has 1 fully saturated rings. The number of aryl methyl sites for hydroxylation is 1. The molecule has 0 amide bonds. The SMILES string of the molecule is Cc1cc(Br)c2nc(CC3CCCN3)sc2c1. The van der Waals surface area contributed by atoms with Crippen LogP contribution < -0.4 is 5.32 Å². The van der Waals surface area contributed by atoms with Crippen molar-refractivity contribution < 1.29 is 0 Å². The third-order valence-electron chi connectivity index (χ3n) is 3.22. The summed E-state index contributed by atoms with van der Waals surface area (Å²) < 4.78 is 2.42. The van der Waals surface area contributed by atoms with Crippen LogP contribution in [0.5, 0.6) is 0 Å². The van der Waals surface area contributed by atoms with Gasteiger partial charge in [0.25, 0.3) is 0 Å². The molecule has 2 aromatic rings. The zero-order valence-corrected chi connectivity index (χ0v) is 12.2. The van der Waals surface area contributed by atoms with Crippen molar-refractivity contribution >= 4 is 37.5 Å². The Labute approximate surface area is 114 Å². The van der Waals surface area contributed by atoms with E-state index >= 15 is 0 Å². The van der Waals surface area contributed by atoms with Gasteiger partial charge in [-0.25, -0.2) is 4.98 Å². The Morgan fingerprint density at radius 2 is 2.41 bits per heavy atom. The van der Waals surface area contributed by atoms with E-state index < -0.39 is 0 Å². The third-order valence-corrected chi connectivity index (χ3v) is 4.85. The summed E-state index contributed by atoms with van der Waals surface area (Å²) in [5.74, 6) is 0. The second-order valence-corrected chi connectivity index (χ2v) is 6.67. The van der Waals surface area contributed by atoms with Crippen LogP contribution in [0.2, 0.25) is 0 Å². The lowest BCUT2D eigenvalue weighted by Gasteiger charge is -2.05. The number of aromatic nitrogens is 1. The maximum Gasteiger partial charge on any atom is 0.0957 e. The fraction of sp³-hybridized carbons (Fsp3) is 0.462. The van der Waals surface area contributed by atoms with Gasteiger partial charge >= 0.3 is 0 Å². The first kappa shape index (κ1) is 11.6. The molecule has 3 rings (SSSR count). The maximum atomic E-state index is 4.75. The molecule has 2 heterocycles. The summed E-state index contributed by atoms with van der Waals surface area (Å²) in [5.41, 5.74) is 2.41. The van der Waals surface area contributed by atoms with Crippen LogP contribution in [0, 0.1) is 6.92 Å². The van der Waals surface area contributed by atoms with Crippen molar-refractivity contribution in [1.82, 2.24) is 10.3 Å². The Hall–Kier alpha value is -0.450. The average Bonchev–Trinajstić information content (AvgIpc) is 2.87. The molecule has 1 saturated heterocycles. The number of thiazole rings is 1. The Balaban J connectivity index is 1.93. The van der Waals surface area contributed by atoms with Crippen molar-refractivity contribution in [3.8, 4) is 0 Å². The molecule has 4 heteroatoms. The van der Waals surface area contributed by atoms with E-state index in [0.717, 1.165) is 16.4 Å². The second-order valence-electron chi connectivity index (χ2n) is 4.70. The van der Waals surface area contributed by atoms with Gasteiger partial charge in [0.05, 0.1) is 15.2 Å². The van der Waals surface area contributed by atoms with Gasteiger partial charge in [-0.3, -0.25) is 0 Å². The normalized spacial score (nSPS) is 20.2. The smallest absolute Gasteiger partial charge is 0.0957 e. The molecule has 1 aromatic heterocycles. The van der Waals surface area contributed by atoms with Crippen LogP contribution in [-0.2, 0) is 6.42 Å². The molecule has 90 valence electrons. The minimum absolute atomic E-state index is 0.635. The number of nitrogens with one attached hydrogen (secondary N) is 1. The fourth-order valence-corrected chi connectivity index (χ4v) is 4.36. The predicted octanol–water partition coefficient (Wildman–Crippen LogP) is 3.66. The van der Waals surface area contributed by atoms with Gasteiger partial charge in [0.15, 0.2) is 0 Å².